The van der Waals surface area contributed by atoms with Crippen molar-refractivity contribution in [2.75, 3.05) is 6.61 Å². The Hall–Kier alpha value is -1.49. The average molecular weight is 164 g/mol. The molecule has 0 aliphatic carbocycles. The van der Waals surface area contributed by atoms with Gasteiger partial charge in [-0.25, -0.2) is 4.68 Å². The molecule has 0 aromatic carbocycles. The lowest BCUT2D eigenvalue weighted by molar-refractivity contribution is 0.270. The summed E-state index contributed by atoms with van der Waals surface area (Å²) in [5.41, 5.74) is 1.66. The van der Waals surface area contributed by atoms with Crippen LogP contribution in [0, 0.1) is 0 Å². The second-order valence-electron chi connectivity index (χ2n) is 2.40. The molecule has 5 heteroatoms. The van der Waals surface area contributed by atoms with Gasteiger partial charge in [-0.2, -0.15) is 0 Å². The van der Waals surface area contributed by atoms with Crippen molar-refractivity contribution in [3.8, 4) is 0 Å². The van der Waals surface area contributed by atoms with Gasteiger partial charge in [0.2, 0.25) is 0 Å². The first-order chi connectivity index (χ1) is 5.92. The predicted molar refractivity (Wildman–Crippen MR) is 42.4 cm³/mol. The summed E-state index contributed by atoms with van der Waals surface area (Å²) in [4.78, 5) is 3.91. The van der Waals surface area contributed by atoms with Crippen LogP contribution in [0.15, 0.2) is 18.5 Å². The van der Waals surface area contributed by atoms with Gasteiger partial charge in [0, 0.05) is 6.20 Å². The first kappa shape index (κ1) is 7.17. The van der Waals surface area contributed by atoms with Crippen LogP contribution in [0.4, 0.5) is 0 Å². The first-order valence-corrected chi connectivity index (χ1v) is 3.66. The standard InChI is InChI=1S/C7H8N4O/c12-4-3-11-7-1-2-8-5-6(7)9-10-11/h1-2,5,12H,3-4H2. The molecule has 0 spiro atoms. The van der Waals surface area contributed by atoms with Gasteiger partial charge in [0.05, 0.1) is 24.9 Å². The molecule has 0 bridgehead atoms. The maximum atomic E-state index is 8.69. The van der Waals surface area contributed by atoms with E-state index in [-0.39, 0.29) is 6.61 Å². The van der Waals surface area contributed by atoms with E-state index in [0.29, 0.717) is 6.54 Å². The Labute approximate surface area is 68.7 Å². The van der Waals surface area contributed by atoms with Crippen molar-refractivity contribution in [2.24, 2.45) is 0 Å². The second kappa shape index (κ2) is 2.86. The highest BCUT2D eigenvalue weighted by Gasteiger charge is 2.01. The van der Waals surface area contributed by atoms with Gasteiger partial charge >= 0.3 is 0 Å². The largest absolute Gasteiger partial charge is 0.394 e. The minimum atomic E-state index is 0.0702. The Morgan fingerprint density at radius 2 is 2.42 bits per heavy atom. The molecule has 0 amide bonds. The van der Waals surface area contributed by atoms with Crippen LogP contribution in [0.25, 0.3) is 11.0 Å². The van der Waals surface area contributed by atoms with Crippen molar-refractivity contribution < 1.29 is 5.11 Å². The third-order valence-electron chi connectivity index (χ3n) is 1.63. The van der Waals surface area contributed by atoms with Gasteiger partial charge in [0.25, 0.3) is 0 Å². The van der Waals surface area contributed by atoms with Crippen LogP contribution in [-0.2, 0) is 6.54 Å². The normalized spacial score (nSPS) is 10.8. The highest BCUT2D eigenvalue weighted by Crippen LogP contribution is 2.06. The zero-order valence-electron chi connectivity index (χ0n) is 6.38. The molecule has 12 heavy (non-hydrogen) atoms. The summed E-state index contributed by atoms with van der Waals surface area (Å²) in [6.45, 7) is 0.543. The molecule has 0 saturated heterocycles. The van der Waals surface area contributed by atoms with Crippen molar-refractivity contribution in [3.05, 3.63) is 18.5 Å². The van der Waals surface area contributed by atoms with E-state index >= 15 is 0 Å². The summed E-state index contributed by atoms with van der Waals surface area (Å²) in [6, 6.07) is 1.82. The summed E-state index contributed by atoms with van der Waals surface area (Å²) in [7, 11) is 0. The molecule has 0 unspecified atom stereocenters. The molecule has 0 atom stereocenters. The molecule has 0 aliphatic heterocycles. The van der Waals surface area contributed by atoms with Gasteiger partial charge in [-0.15, -0.1) is 5.10 Å². The molecule has 0 aliphatic rings. The van der Waals surface area contributed by atoms with Crippen LogP contribution in [0.3, 0.4) is 0 Å². The molecule has 5 nitrogen and oxygen atoms in total. The Bertz CT molecular complexity index is 384. The Morgan fingerprint density at radius 3 is 3.25 bits per heavy atom. The third-order valence-corrected chi connectivity index (χ3v) is 1.63. The van der Waals surface area contributed by atoms with Gasteiger partial charge in [-0.3, -0.25) is 4.98 Å². The van der Waals surface area contributed by atoms with E-state index in [1.807, 2.05) is 6.07 Å². The van der Waals surface area contributed by atoms with Crippen molar-refractivity contribution in [2.45, 2.75) is 6.54 Å². The fourth-order valence-corrected chi connectivity index (χ4v) is 1.08. The summed E-state index contributed by atoms with van der Waals surface area (Å²) in [6.07, 6.45) is 3.33. The number of rotatable bonds is 2. The molecule has 0 saturated carbocycles. The first-order valence-electron chi connectivity index (χ1n) is 3.66. The molecule has 2 aromatic heterocycles. The summed E-state index contributed by atoms with van der Waals surface area (Å²) < 4.78 is 1.65. The second-order valence-corrected chi connectivity index (χ2v) is 2.40. The van der Waals surface area contributed by atoms with Gasteiger partial charge in [-0.05, 0) is 6.07 Å². The van der Waals surface area contributed by atoms with E-state index in [2.05, 4.69) is 15.3 Å². The molecule has 62 valence electrons. The number of fused-ring (bicyclic) bond motifs is 1. The quantitative estimate of drug-likeness (QED) is 0.668. The van der Waals surface area contributed by atoms with Gasteiger partial charge < -0.3 is 5.11 Å². The number of hydrogen-bond acceptors (Lipinski definition) is 4. The Balaban J connectivity index is 2.55. The molecule has 2 heterocycles. The zero-order chi connectivity index (χ0) is 8.39. The van der Waals surface area contributed by atoms with Crippen molar-refractivity contribution in [1.29, 1.82) is 0 Å². The fraction of sp³-hybridized carbons (Fsp3) is 0.286. The van der Waals surface area contributed by atoms with E-state index < -0.39 is 0 Å². The lowest BCUT2D eigenvalue weighted by atomic mass is 10.4. The van der Waals surface area contributed by atoms with Crippen LogP contribution in [0.5, 0.6) is 0 Å². The summed E-state index contributed by atoms with van der Waals surface area (Å²) in [5.74, 6) is 0. The van der Waals surface area contributed by atoms with Crippen LogP contribution >= 0.6 is 0 Å². The van der Waals surface area contributed by atoms with Crippen molar-refractivity contribution in [1.82, 2.24) is 20.0 Å². The number of aromatic nitrogens is 4. The highest BCUT2D eigenvalue weighted by atomic mass is 16.3. The van der Waals surface area contributed by atoms with Crippen molar-refractivity contribution in [3.63, 3.8) is 0 Å². The monoisotopic (exact) mass is 164 g/mol. The number of pyridine rings is 1. The molecule has 1 N–H and O–H groups in total. The number of hydrogen-bond donors (Lipinski definition) is 1. The Kier molecular flexibility index (Phi) is 1.71. The molecule has 2 aromatic rings. The lowest BCUT2D eigenvalue weighted by Gasteiger charge is -1.95. The molecular weight excluding hydrogens is 156 g/mol. The van der Waals surface area contributed by atoms with Crippen molar-refractivity contribution >= 4 is 11.0 Å². The molecule has 0 fully saturated rings. The fourth-order valence-electron chi connectivity index (χ4n) is 1.08. The minimum absolute atomic E-state index is 0.0702. The maximum absolute atomic E-state index is 8.69. The van der Waals surface area contributed by atoms with E-state index in [9.17, 15) is 0 Å². The van der Waals surface area contributed by atoms with Crippen LogP contribution in [-0.4, -0.2) is 31.7 Å². The smallest absolute Gasteiger partial charge is 0.131 e. The topological polar surface area (TPSA) is 63.8 Å². The van der Waals surface area contributed by atoms with E-state index in [1.165, 1.54) is 0 Å². The van der Waals surface area contributed by atoms with Crippen LogP contribution in [0.1, 0.15) is 0 Å². The maximum Gasteiger partial charge on any atom is 0.131 e. The SMILES string of the molecule is OCCn1nnc2cnccc21. The van der Waals surface area contributed by atoms with E-state index in [1.54, 1.807) is 17.1 Å². The van der Waals surface area contributed by atoms with E-state index in [0.717, 1.165) is 11.0 Å². The van der Waals surface area contributed by atoms with Crippen LogP contribution < -0.4 is 0 Å². The van der Waals surface area contributed by atoms with Gasteiger partial charge in [-0.1, -0.05) is 5.21 Å². The molecule has 2 rings (SSSR count). The minimum Gasteiger partial charge on any atom is -0.394 e. The van der Waals surface area contributed by atoms with Gasteiger partial charge in [0.1, 0.15) is 5.52 Å². The molecule has 0 radical (unpaired) electrons. The van der Waals surface area contributed by atoms with Gasteiger partial charge in [0.15, 0.2) is 0 Å². The summed E-state index contributed by atoms with van der Waals surface area (Å²) in [5, 5.41) is 16.4. The Morgan fingerprint density at radius 1 is 1.50 bits per heavy atom. The summed E-state index contributed by atoms with van der Waals surface area (Å²) >= 11 is 0. The number of nitrogens with zero attached hydrogens (tertiary/aromatic N) is 4. The lowest BCUT2D eigenvalue weighted by Crippen LogP contribution is -2.03. The van der Waals surface area contributed by atoms with Crippen LogP contribution in [0.2, 0.25) is 0 Å². The predicted octanol–water partition coefficient (Wildman–Crippen LogP) is -0.181. The number of aliphatic hydroxyl groups excluding tert-OH is 1. The highest BCUT2D eigenvalue weighted by molar-refractivity contribution is 5.72. The van der Waals surface area contributed by atoms with E-state index in [4.69, 9.17) is 5.11 Å². The number of aliphatic hydroxyl groups is 1. The average Bonchev–Trinajstić information content (AvgIpc) is 2.50. The zero-order valence-corrected chi connectivity index (χ0v) is 6.38. The third kappa shape index (κ3) is 1.04. The molecular formula is C7H8N4O.